The number of aryl methyl sites for hydroxylation is 1. The number of halogens is 1. The van der Waals surface area contributed by atoms with Crippen LogP contribution >= 0.6 is 11.6 Å². The van der Waals surface area contributed by atoms with Crippen LogP contribution in [0.2, 0.25) is 5.02 Å². The summed E-state index contributed by atoms with van der Waals surface area (Å²) in [6.45, 7) is 1.84. The number of nitrogens with one attached hydrogen (secondary N) is 1. The molecule has 150 valence electrons. The first-order chi connectivity index (χ1) is 14.3. The lowest BCUT2D eigenvalue weighted by Gasteiger charge is -2.11. The average Bonchev–Trinajstić information content (AvgIpc) is 3.27. The largest absolute Gasteiger partial charge is 0.478 e. The molecule has 1 saturated heterocycles. The van der Waals surface area contributed by atoms with Gasteiger partial charge < -0.3 is 14.8 Å². The maximum absolute atomic E-state index is 12.7. The normalized spacial score (nSPS) is 15.0. The minimum Gasteiger partial charge on any atom is -0.478 e. The molecule has 2 heterocycles. The van der Waals surface area contributed by atoms with Gasteiger partial charge in [-0.05, 0) is 61.0 Å². The Labute approximate surface area is 176 Å². The number of nitrogens with zero attached hydrogens (tertiary/aromatic N) is 1. The Morgan fingerprint density at radius 3 is 2.53 bits per heavy atom. The zero-order chi connectivity index (χ0) is 21.4. The third-order valence-corrected chi connectivity index (χ3v) is 4.88. The molecule has 2 N–H and O–H groups in total. The van der Waals surface area contributed by atoms with Gasteiger partial charge in [0.25, 0.3) is 5.91 Å². The molecule has 1 aromatic heterocycles. The molecule has 0 atom stereocenters. The molecule has 0 bridgehead atoms. The van der Waals surface area contributed by atoms with Crippen LogP contribution in [0, 0.1) is 6.92 Å². The standard InChI is InChI=1S/C22H15ClN2O5/c1-12-2-3-13(21(27)28)10-17(12)19-9-8-16(30-19)11-18-20(26)25(22(29)24-18)15-6-4-14(23)5-7-15/h2-11H,1H3,(H,24,29)(H,27,28)/b18-11-. The summed E-state index contributed by atoms with van der Waals surface area (Å²) in [5, 5.41) is 12.2. The van der Waals surface area contributed by atoms with Crippen molar-refractivity contribution < 1.29 is 23.9 Å². The number of aromatic carboxylic acids is 1. The zero-order valence-electron chi connectivity index (χ0n) is 15.7. The van der Waals surface area contributed by atoms with Gasteiger partial charge in [-0.3, -0.25) is 4.79 Å². The molecule has 2 aromatic carbocycles. The lowest BCUT2D eigenvalue weighted by molar-refractivity contribution is -0.113. The Balaban J connectivity index is 1.63. The van der Waals surface area contributed by atoms with Crippen molar-refractivity contribution in [2.45, 2.75) is 6.92 Å². The van der Waals surface area contributed by atoms with Gasteiger partial charge in [-0.2, -0.15) is 0 Å². The molecule has 1 fully saturated rings. The van der Waals surface area contributed by atoms with Gasteiger partial charge in [0, 0.05) is 16.7 Å². The summed E-state index contributed by atoms with van der Waals surface area (Å²) < 4.78 is 5.78. The molecule has 0 radical (unpaired) electrons. The van der Waals surface area contributed by atoms with Crippen LogP contribution < -0.4 is 10.2 Å². The summed E-state index contributed by atoms with van der Waals surface area (Å²) in [7, 11) is 0. The number of urea groups is 1. The van der Waals surface area contributed by atoms with E-state index < -0.39 is 17.9 Å². The fourth-order valence-electron chi connectivity index (χ4n) is 3.10. The molecule has 0 saturated carbocycles. The minimum absolute atomic E-state index is 0.0619. The molecule has 3 aromatic rings. The first-order valence-corrected chi connectivity index (χ1v) is 9.28. The maximum atomic E-state index is 12.7. The van der Waals surface area contributed by atoms with Crippen molar-refractivity contribution in [3.8, 4) is 11.3 Å². The number of carboxylic acid groups (broad SMARTS) is 1. The lowest BCUT2D eigenvalue weighted by atomic mass is 10.0. The Morgan fingerprint density at radius 1 is 1.10 bits per heavy atom. The van der Waals surface area contributed by atoms with Crippen LogP contribution in [0.1, 0.15) is 21.7 Å². The van der Waals surface area contributed by atoms with Crippen LogP contribution in [-0.4, -0.2) is 23.0 Å². The van der Waals surface area contributed by atoms with Crippen LogP contribution in [0.25, 0.3) is 17.4 Å². The summed E-state index contributed by atoms with van der Waals surface area (Å²) in [6, 6.07) is 13.8. The SMILES string of the molecule is Cc1ccc(C(=O)O)cc1-c1ccc(/C=C2\NC(=O)N(c3ccc(Cl)cc3)C2=O)o1. The van der Waals surface area contributed by atoms with E-state index in [1.807, 2.05) is 6.92 Å². The number of imide groups is 1. The molecule has 8 heteroatoms. The second kappa shape index (κ2) is 7.53. The highest BCUT2D eigenvalue weighted by atomic mass is 35.5. The fraction of sp³-hybridized carbons (Fsp3) is 0.0455. The van der Waals surface area contributed by atoms with Crippen molar-refractivity contribution in [2.24, 2.45) is 0 Å². The number of hydrogen-bond acceptors (Lipinski definition) is 4. The number of hydrogen-bond donors (Lipinski definition) is 2. The van der Waals surface area contributed by atoms with Crippen molar-refractivity contribution in [1.82, 2.24) is 5.32 Å². The van der Waals surface area contributed by atoms with E-state index in [0.29, 0.717) is 27.8 Å². The number of furan rings is 1. The second-order valence-electron chi connectivity index (χ2n) is 6.64. The quantitative estimate of drug-likeness (QED) is 0.468. The van der Waals surface area contributed by atoms with E-state index in [2.05, 4.69) is 5.32 Å². The van der Waals surface area contributed by atoms with Gasteiger partial charge in [0.1, 0.15) is 17.2 Å². The second-order valence-corrected chi connectivity index (χ2v) is 7.08. The van der Waals surface area contributed by atoms with Crippen LogP contribution in [0.15, 0.2) is 64.7 Å². The molecule has 1 aliphatic rings. The monoisotopic (exact) mass is 422 g/mol. The smallest absolute Gasteiger partial charge is 0.335 e. The first-order valence-electron chi connectivity index (χ1n) is 8.90. The zero-order valence-corrected chi connectivity index (χ0v) is 16.4. The molecule has 0 aliphatic carbocycles. The summed E-state index contributed by atoms with van der Waals surface area (Å²) in [6.07, 6.45) is 1.43. The summed E-state index contributed by atoms with van der Waals surface area (Å²) in [4.78, 5) is 37.2. The molecule has 0 unspecified atom stereocenters. The third kappa shape index (κ3) is 3.58. The highest BCUT2D eigenvalue weighted by Crippen LogP contribution is 2.29. The third-order valence-electron chi connectivity index (χ3n) is 4.63. The van der Waals surface area contributed by atoms with E-state index in [1.54, 1.807) is 42.5 Å². The Bertz CT molecular complexity index is 1210. The molecule has 0 spiro atoms. The van der Waals surface area contributed by atoms with Crippen LogP contribution in [0.4, 0.5) is 10.5 Å². The average molecular weight is 423 g/mol. The molecule has 1 aliphatic heterocycles. The number of rotatable bonds is 4. The van der Waals surface area contributed by atoms with Crippen molar-refractivity contribution in [3.63, 3.8) is 0 Å². The van der Waals surface area contributed by atoms with Crippen LogP contribution in [-0.2, 0) is 4.79 Å². The van der Waals surface area contributed by atoms with E-state index in [4.69, 9.17) is 16.0 Å². The number of anilines is 1. The topological polar surface area (TPSA) is 99.9 Å². The van der Waals surface area contributed by atoms with Crippen molar-refractivity contribution in [2.75, 3.05) is 4.90 Å². The predicted molar refractivity (Wildman–Crippen MR) is 111 cm³/mol. The molecular formula is C22H15ClN2O5. The summed E-state index contributed by atoms with van der Waals surface area (Å²) >= 11 is 5.86. The van der Waals surface area contributed by atoms with E-state index >= 15 is 0 Å². The maximum Gasteiger partial charge on any atom is 0.335 e. The Kier molecular flexibility index (Phi) is 4.89. The Morgan fingerprint density at radius 2 is 1.83 bits per heavy atom. The van der Waals surface area contributed by atoms with Crippen molar-refractivity contribution in [3.05, 3.63) is 82.2 Å². The van der Waals surface area contributed by atoms with Crippen LogP contribution in [0.5, 0.6) is 0 Å². The van der Waals surface area contributed by atoms with Crippen LogP contribution in [0.3, 0.4) is 0 Å². The molecule has 7 nitrogen and oxygen atoms in total. The predicted octanol–water partition coefficient (Wildman–Crippen LogP) is 4.70. The van der Waals surface area contributed by atoms with Gasteiger partial charge in [0.05, 0.1) is 11.3 Å². The summed E-state index contributed by atoms with van der Waals surface area (Å²) in [5.41, 5.74) is 2.07. The van der Waals surface area contributed by atoms with Crippen molar-refractivity contribution >= 4 is 41.3 Å². The fourth-order valence-corrected chi connectivity index (χ4v) is 3.22. The molecular weight excluding hydrogens is 408 g/mol. The van der Waals surface area contributed by atoms with Gasteiger partial charge in [-0.15, -0.1) is 0 Å². The molecule has 30 heavy (non-hydrogen) atoms. The van der Waals surface area contributed by atoms with E-state index in [9.17, 15) is 19.5 Å². The molecule has 4 rings (SSSR count). The van der Waals surface area contributed by atoms with Gasteiger partial charge in [-0.25, -0.2) is 14.5 Å². The van der Waals surface area contributed by atoms with E-state index in [-0.39, 0.29) is 11.3 Å². The number of amides is 3. The van der Waals surface area contributed by atoms with Gasteiger partial charge in [-0.1, -0.05) is 17.7 Å². The van der Waals surface area contributed by atoms with E-state index in [0.717, 1.165) is 10.5 Å². The van der Waals surface area contributed by atoms with E-state index in [1.165, 1.54) is 18.2 Å². The number of carbonyl (C=O) groups excluding carboxylic acids is 2. The Hall–Kier alpha value is -3.84. The number of carbonyl (C=O) groups is 3. The highest BCUT2D eigenvalue weighted by molar-refractivity contribution is 6.31. The van der Waals surface area contributed by atoms with Crippen molar-refractivity contribution in [1.29, 1.82) is 0 Å². The summed E-state index contributed by atoms with van der Waals surface area (Å²) in [5.74, 6) is -0.767. The first kappa shape index (κ1) is 19.5. The van der Waals surface area contributed by atoms with Gasteiger partial charge in [0.2, 0.25) is 0 Å². The molecule has 3 amide bonds. The highest BCUT2D eigenvalue weighted by Gasteiger charge is 2.35. The minimum atomic E-state index is -1.04. The van der Waals surface area contributed by atoms with Gasteiger partial charge in [0.15, 0.2) is 0 Å². The lowest BCUT2D eigenvalue weighted by Crippen LogP contribution is -2.30. The van der Waals surface area contributed by atoms with Gasteiger partial charge >= 0.3 is 12.0 Å². The number of benzene rings is 2. The number of carboxylic acids is 1.